The van der Waals surface area contributed by atoms with Gasteiger partial charge in [-0.1, -0.05) is 12.8 Å². The van der Waals surface area contributed by atoms with Gasteiger partial charge in [0.1, 0.15) is 0 Å². The van der Waals surface area contributed by atoms with Crippen molar-refractivity contribution < 1.29 is 38.6 Å². The molecule has 5 fully saturated rings. The van der Waals surface area contributed by atoms with Crippen LogP contribution < -0.4 is 0 Å². The van der Waals surface area contributed by atoms with Crippen molar-refractivity contribution in [3.8, 4) is 0 Å². The van der Waals surface area contributed by atoms with Crippen molar-refractivity contribution in [2.24, 2.45) is 0 Å². The molecule has 4 bridgehead atoms. The quantitative estimate of drug-likeness (QED) is 0.179. The van der Waals surface area contributed by atoms with Gasteiger partial charge in [-0.25, -0.2) is 8.61 Å². The number of piperidine rings is 2. The third-order valence-corrected chi connectivity index (χ3v) is 18.2. The summed E-state index contributed by atoms with van der Waals surface area (Å²) in [5.41, 5.74) is -0.396. The molecule has 0 aromatic carbocycles. The van der Waals surface area contributed by atoms with Crippen LogP contribution in [0.15, 0.2) is 0 Å². The third-order valence-electron chi connectivity index (χ3n) is 10.5. The third kappa shape index (κ3) is 22.1. The van der Waals surface area contributed by atoms with Crippen molar-refractivity contribution in [1.29, 1.82) is 0 Å². The van der Waals surface area contributed by atoms with Gasteiger partial charge in [0.05, 0.1) is 90.5 Å². The highest BCUT2D eigenvalue weighted by molar-refractivity contribution is 8.74. The molecule has 0 aromatic rings. The lowest BCUT2D eigenvalue weighted by Gasteiger charge is -2.57. The number of fused-ring (bicyclic) bond motifs is 2. The highest BCUT2D eigenvalue weighted by atomic mass is 33.1. The van der Waals surface area contributed by atoms with E-state index in [1.165, 1.54) is 37.2 Å². The Kier molecular flexibility index (Phi) is 27.3. The Balaban J connectivity index is 1.45. The Hall–Kier alpha value is 1.70. The monoisotopic (exact) mass is 934 g/mol. The molecule has 5 rings (SSSR count). The molecule has 5 saturated heterocycles. The maximum absolute atomic E-state index is 10.7. The number of thioether (sulfide) groups is 4. The molecule has 0 radical (unpaired) electrons. The maximum atomic E-state index is 10.7. The van der Waals surface area contributed by atoms with Crippen molar-refractivity contribution >= 4 is 69.0 Å². The first-order valence-electron chi connectivity index (χ1n) is 21.8. The largest absolute Gasteiger partial charge is 0.390 e. The fourth-order valence-electron chi connectivity index (χ4n) is 8.16. The zero-order chi connectivity index (χ0) is 42.3. The molecule has 2 unspecified atom stereocenters. The Morgan fingerprint density at radius 1 is 0.414 bits per heavy atom. The summed E-state index contributed by atoms with van der Waals surface area (Å²) in [6.07, 6.45) is 7.97. The molecule has 0 amide bonds. The Morgan fingerprint density at radius 2 is 0.724 bits per heavy atom. The normalized spacial score (nSPS) is 34.0. The molecule has 344 valence electrons. The van der Waals surface area contributed by atoms with Crippen LogP contribution in [0.2, 0.25) is 0 Å². The van der Waals surface area contributed by atoms with Crippen LogP contribution in [0.5, 0.6) is 0 Å². The predicted molar refractivity (Wildman–Crippen MR) is 256 cm³/mol. The highest BCUT2D eigenvalue weighted by Crippen LogP contribution is 2.53. The number of nitrogens with zero attached hydrogens (tertiary/aromatic N) is 2. The lowest BCUT2D eigenvalue weighted by atomic mass is 9.81. The van der Waals surface area contributed by atoms with Gasteiger partial charge < -0.3 is 38.6 Å². The number of aliphatic hydroxyl groups excluding tert-OH is 2. The summed E-state index contributed by atoms with van der Waals surface area (Å²) >= 11 is 7.40. The van der Waals surface area contributed by atoms with Gasteiger partial charge in [0.25, 0.3) is 0 Å². The molecule has 2 atom stereocenters. The first kappa shape index (κ1) is 54.0. The summed E-state index contributed by atoms with van der Waals surface area (Å²) in [4.78, 5) is 0. The zero-order valence-corrected chi connectivity index (χ0v) is 42.3. The molecular formula is C42H82N2O8S6. The second-order valence-corrected chi connectivity index (χ2v) is 24.9. The van der Waals surface area contributed by atoms with Crippen molar-refractivity contribution in [1.82, 2.24) is 8.61 Å². The van der Waals surface area contributed by atoms with Gasteiger partial charge in [0.15, 0.2) is 0 Å². The number of hydrogen-bond donors (Lipinski definition) is 2. The average molecular weight is 936 g/mol. The van der Waals surface area contributed by atoms with E-state index in [9.17, 15) is 10.2 Å². The number of ether oxygens (including phenoxy) is 6. The van der Waals surface area contributed by atoms with E-state index in [0.717, 1.165) is 61.9 Å². The molecule has 5 heterocycles. The van der Waals surface area contributed by atoms with Crippen LogP contribution in [-0.4, -0.2) is 177 Å². The molecule has 0 saturated carbocycles. The van der Waals surface area contributed by atoms with Crippen molar-refractivity contribution in [3.63, 3.8) is 0 Å². The lowest BCUT2D eigenvalue weighted by molar-refractivity contribution is -0.0790. The minimum atomic E-state index is -0.494. The SMILES string of the molecule is CC1(C)CC2CC(C)(C)N1SSN1C(C)(C)CC(CC1(C)C)OCC(O)CSCCOCCOCCSCCCCCCSCCOCCOCCSCC(O)CO2. The van der Waals surface area contributed by atoms with Crippen molar-refractivity contribution in [2.45, 2.75) is 153 Å². The summed E-state index contributed by atoms with van der Waals surface area (Å²) in [5, 5.41) is 21.5. The van der Waals surface area contributed by atoms with Gasteiger partial charge in [-0.2, -0.15) is 47.0 Å². The first-order chi connectivity index (χ1) is 27.6. The Morgan fingerprint density at radius 3 is 1.05 bits per heavy atom. The Labute approximate surface area is 379 Å². The van der Waals surface area contributed by atoms with Crippen LogP contribution in [-0.2, 0) is 28.4 Å². The van der Waals surface area contributed by atoms with E-state index in [-0.39, 0.29) is 34.4 Å². The van der Waals surface area contributed by atoms with E-state index < -0.39 is 12.2 Å². The number of rotatable bonds is 0. The van der Waals surface area contributed by atoms with Crippen LogP contribution in [0.1, 0.15) is 107 Å². The molecule has 2 N–H and O–H groups in total. The van der Waals surface area contributed by atoms with Gasteiger partial charge >= 0.3 is 0 Å². The maximum Gasteiger partial charge on any atom is 0.0863 e. The summed E-state index contributed by atoms with van der Waals surface area (Å²) in [7, 11) is 3.73. The van der Waals surface area contributed by atoms with Gasteiger partial charge in [0.2, 0.25) is 0 Å². The summed E-state index contributed by atoms with van der Waals surface area (Å²) in [5.74, 6) is 7.48. The molecule has 5 aliphatic heterocycles. The predicted octanol–water partition coefficient (Wildman–Crippen LogP) is 8.57. The smallest absolute Gasteiger partial charge is 0.0863 e. The van der Waals surface area contributed by atoms with E-state index in [2.05, 4.69) is 64.0 Å². The van der Waals surface area contributed by atoms with Gasteiger partial charge in [-0.15, -0.1) is 0 Å². The van der Waals surface area contributed by atoms with Crippen LogP contribution >= 0.6 is 69.0 Å². The van der Waals surface area contributed by atoms with Crippen LogP contribution in [0, 0.1) is 0 Å². The van der Waals surface area contributed by atoms with Crippen LogP contribution in [0.3, 0.4) is 0 Å². The number of aliphatic hydroxyl groups is 2. The summed E-state index contributed by atoms with van der Waals surface area (Å²) in [6, 6.07) is 0. The lowest BCUT2D eigenvalue weighted by Crippen LogP contribution is -2.61. The van der Waals surface area contributed by atoms with E-state index in [0.29, 0.717) is 64.4 Å². The van der Waals surface area contributed by atoms with E-state index in [1.54, 1.807) is 23.5 Å². The van der Waals surface area contributed by atoms with Crippen LogP contribution in [0.4, 0.5) is 0 Å². The summed E-state index contributed by atoms with van der Waals surface area (Å²) < 4.78 is 41.0. The molecule has 0 aromatic heterocycles. The average Bonchev–Trinajstić information content (AvgIpc) is 3.13. The highest BCUT2D eigenvalue weighted by Gasteiger charge is 2.50. The fraction of sp³-hybridized carbons (Fsp3) is 1.00. The summed E-state index contributed by atoms with van der Waals surface area (Å²) in [6.45, 7) is 24.7. The standard InChI is InChI=1S/C42H82N2O8S6/c1-39(2)27-37-28-40(3,4)43(39)57-58-44-41(5,6)29-38(30-42(44,7)8)52-32-36(46)34-56-26-20-50-16-14-48-18-24-54-22-12-10-9-11-21-53-23-17-47-13-15-49-19-25-55-33-35(45)31-51-37/h35-38,45-46H,9-34H2,1-8H3. The zero-order valence-electron chi connectivity index (χ0n) is 37.4. The van der Waals surface area contributed by atoms with E-state index in [1.807, 2.05) is 45.5 Å². The first-order valence-corrected chi connectivity index (χ1v) is 28.5. The Bertz CT molecular complexity index is 951. The van der Waals surface area contributed by atoms with Crippen molar-refractivity contribution in [3.05, 3.63) is 0 Å². The van der Waals surface area contributed by atoms with Gasteiger partial charge in [-0.3, -0.25) is 0 Å². The van der Waals surface area contributed by atoms with Crippen LogP contribution in [0.25, 0.3) is 0 Å². The van der Waals surface area contributed by atoms with Gasteiger partial charge in [0, 0.05) is 78.6 Å². The second-order valence-electron chi connectivity index (χ2n) is 18.3. The molecule has 0 aliphatic carbocycles. The van der Waals surface area contributed by atoms with Crippen molar-refractivity contribution in [2.75, 3.05) is 112 Å². The molecule has 0 spiro atoms. The fourth-order valence-corrected chi connectivity index (χ4v) is 15.5. The minimum absolute atomic E-state index is 0.0916. The van der Waals surface area contributed by atoms with E-state index >= 15 is 0 Å². The molecular weight excluding hydrogens is 853 g/mol. The number of hydrogen-bond acceptors (Lipinski definition) is 16. The molecule has 5 aliphatic rings. The van der Waals surface area contributed by atoms with Gasteiger partial charge in [-0.05, 0) is 105 Å². The van der Waals surface area contributed by atoms with E-state index in [4.69, 9.17) is 28.4 Å². The minimum Gasteiger partial charge on any atom is -0.390 e. The molecule has 58 heavy (non-hydrogen) atoms. The second kappa shape index (κ2) is 29.3. The molecule has 16 heteroatoms. The molecule has 10 nitrogen and oxygen atoms in total. The topological polar surface area (TPSA) is 102 Å².